The third-order valence-corrected chi connectivity index (χ3v) is 3.45. The molecule has 3 nitrogen and oxygen atoms in total. The summed E-state index contributed by atoms with van der Waals surface area (Å²) in [4.78, 5) is 8.85. The fourth-order valence-electron chi connectivity index (χ4n) is 2.49. The maximum atomic E-state index is 5.39. The summed E-state index contributed by atoms with van der Waals surface area (Å²) in [6.45, 7) is 0. The zero-order valence-electron chi connectivity index (χ0n) is 11.2. The molecule has 0 spiro atoms. The minimum absolute atomic E-state index is 0.540. The highest BCUT2D eigenvalue weighted by molar-refractivity contribution is 5.96. The second-order valence-corrected chi connectivity index (χ2v) is 4.78. The number of fused-ring (bicyclic) bond motifs is 1. The standard InChI is InChI=1S/C18H12N2O/c1-2-6-13(7-3-1)15-12-17(18-19-10-11-21-18)20-16-9-5-4-8-14(15)16/h1-12H. The summed E-state index contributed by atoms with van der Waals surface area (Å²) in [7, 11) is 0. The third-order valence-electron chi connectivity index (χ3n) is 3.45. The van der Waals surface area contributed by atoms with Crippen molar-refractivity contribution in [2.45, 2.75) is 0 Å². The molecule has 4 rings (SSSR count). The molecule has 0 amide bonds. The van der Waals surface area contributed by atoms with Crippen LogP contribution in [-0.2, 0) is 0 Å². The molecule has 3 heteroatoms. The molecule has 0 aliphatic carbocycles. The lowest BCUT2D eigenvalue weighted by Gasteiger charge is -2.08. The number of rotatable bonds is 2. The quantitative estimate of drug-likeness (QED) is 0.537. The van der Waals surface area contributed by atoms with Crippen molar-refractivity contribution >= 4 is 10.9 Å². The maximum absolute atomic E-state index is 5.39. The fourth-order valence-corrected chi connectivity index (χ4v) is 2.49. The van der Waals surface area contributed by atoms with Gasteiger partial charge in [0.15, 0.2) is 0 Å². The van der Waals surface area contributed by atoms with Crippen LogP contribution in [0.5, 0.6) is 0 Å². The zero-order chi connectivity index (χ0) is 14.1. The van der Waals surface area contributed by atoms with Gasteiger partial charge in [0, 0.05) is 5.39 Å². The molecular weight excluding hydrogens is 260 g/mol. The van der Waals surface area contributed by atoms with Gasteiger partial charge in [-0.15, -0.1) is 0 Å². The summed E-state index contributed by atoms with van der Waals surface area (Å²) in [5.74, 6) is 0.540. The number of pyridine rings is 1. The van der Waals surface area contributed by atoms with Crippen molar-refractivity contribution in [2.75, 3.05) is 0 Å². The molecule has 0 aliphatic heterocycles. The molecule has 4 aromatic rings. The number of aromatic nitrogens is 2. The lowest BCUT2D eigenvalue weighted by atomic mass is 10.00. The highest BCUT2D eigenvalue weighted by atomic mass is 16.3. The van der Waals surface area contributed by atoms with Crippen molar-refractivity contribution < 1.29 is 4.42 Å². The van der Waals surface area contributed by atoms with Crippen molar-refractivity contribution in [2.24, 2.45) is 0 Å². The van der Waals surface area contributed by atoms with Crippen LogP contribution in [-0.4, -0.2) is 9.97 Å². The molecule has 0 bridgehead atoms. The Bertz CT molecular complexity index is 884. The highest BCUT2D eigenvalue weighted by Gasteiger charge is 2.11. The van der Waals surface area contributed by atoms with Gasteiger partial charge in [-0.3, -0.25) is 0 Å². The number of para-hydroxylation sites is 1. The summed E-state index contributed by atoms with van der Waals surface area (Å²) in [5.41, 5.74) is 3.97. The fraction of sp³-hybridized carbons (Fsp3) is 0. The first-order valence-electron chi connectivity index (χ1n) is 6.77. The summed E-state index contributed by atoms with van der Waals surface area (Å²) >= 11 is 0. The van der Waals surface area contributed by atoms with Crippen LogP contribution in [0.1, 0.15) is 0 Å². The van der Waals surface area contributed by atoms with E-state index in [-0.39, 0.29) is 0 Å². The lowest BCUT2D eigenvalue weighted by molar-refractivity contribution is 0.572. The van der Waals surface area contributed by atoms with E-state index in [1.54, 1.807) is 12.5 Å². The largest absolute Gasteiger partial charge is 0.443 e. The first-order chi connectivity index (χ1) is 10.4. The zero-order valence-corrected chi connectivity index (χ0v) is 11.2. The number of nitrogens with zero attached hydrogens (tertiary/aromatic N) is 2. The van der Waals surface area contributed by atoms with E-state index in [1.807, 2.05) is 42.5 Å². The molecule has 2 aromatic heterocycles. The lowest BCUT2D eigenvalue weighted by Crippen LogP contribution is -1.89. The summed E-state index contributed by atoms with van der Waals surface area (Å²) < 4.78 is 5.39. The number of benzene rings is 2. The molecule has 0 unspecified atom stereocenters. The van der Waals surface area contributed by atoms with Gasteiger partial charge in [-0.05, 0) is 23.3 Å². The predicted molar refractivity (Wildman–Crippen MR) is 82.7 cm³/mol. The van der Waals surface area contributed by atoms with E-state index in [4.69, 9.17) is 4.42 Å². The Hall–Kier alpha value is -2.94. The van der Waals surface area contributed by atoms with Crippen LogP contribution in [0.3, 0.4) is 0 Å². The molecular formula is C18H12N2O. The topological polar surface area (TPSA) is 38.9 Å². The van der Waals surface area contributed by atoms with Crippen LogP contribution < -0.4 is 0 Å². The van der Waals surface area contributed by atoms with Crippen molar-refractivity contribution in [3.8, 4) is 22.7 Å². The van der Waals surface area contributed by atoms with Crippen molar-refractivity contribution in [3.63, 3.8) is 0 Å². The molecule has 0 saturated carbocycles. The van der Waals surface area contributed by atoms with E-state index < -0.39 is 0 Å². The summed E-state index contributed by atoms with van der Waals surface area (Å²) in [6.07, 6.45) is 3.20. The monoisotopic (exact) mass is 272 g/mol. The highest BCUT2D eigenvalue weighted by Crippen LogP contribution is 2.31. The number of hydrogen-bond donors (Lipinski definition) is 0. The molecule has 0 atom stereocenters. The van der Waals surface area contributed by atoms with Crippen LogP contribution in [0.15, 0.2) is 77.5 Å². The van der Waals surface area contributed by atoms with Crippen LogP contribution in [0, 0.1) is 0 Å². The Labute approximate surface area is 121 Å². The summed E-state index contributed by atoms with van der Waals surface area (Å²) in [5, 5.41) is 1.12. The number of oxazole rings is 1. The first-order valence-corrected chi connectivity index (χ1v) is 6.77. The Balaban J connectivity index is 2.04. The Morgan fingerprint density at radius 2 is 1.67 bits per heavy atom. The average molecular weight is 272 g/mol. The van der Waals surface area contributed by atoms with E-state index in [0.717, 1.165) is 27.7 Å². The van der Waals surface area contributed by atoms with E-state index in [2.05, 4.69) is 28.2 Å². The second kappa shape index (κ2) is 4.87. The molecule has 0 fully saturated rings. The van der Waals surface area contributed by atoms with Crippen molar-refractivity contribution in [1.82, 2.24) is 9.97 Å². The average Bonchev–Trinajstić information content (AvgIpc) is 3.09. The molecule has 100 valence electrons. The smallest absolute Gasteiger partial charge is 0.245 e. The van der Waals surface area contributed by atoms with E-state index in [0.29, 0.717) is 5.89 Å². The van der Waals surface area contributed by atoms with Gasteiger partial charge >= 0.3 is 0 Å². The van der Waals surface area contributed by atoms with E-state index in [1.165, 1.54) is 0 Å². The Kier molecular flexibility index (Phi) is 2.75. The van der Waals surface area contributed by atoms with Crippen LogP contribution in [0.2, 0.25) is 0 Å². The van der Waals surface area contributed by atoms with Crippen LogP contribution in [0.25, 0.3) is 33.6 Å². The Morgan fingerprint density at radius 1 is 0.857 bits per heavy atom. The maximum Gasteiger partial charge on any atom is 0.245 e. The minimum atomic E-state index is 0.540. The first kappa shape index (κ1) is 11.9. The van der Waals surface area contributed by atoms with Gasteiger partial charge in [-0.25, -0.2) is 9.97 Å². The molecule has 2 aromatic carbocycles. The molecule has 0 N–H and O–H groups in total. The van der Waals surface area contributed by atoms with Gasteiger partial charge in [-0.2, -0.15) is 0 Å². The molecule has 2 heterocycles. The van der Waals surface area contributed by atoms with E-state index in [9.17, 15) is 0 Å². The molecule has 0 saturated heterocycles. The summed E-state index contributed by atoms with van der Waals surface area (Å²) in [6, 6.07) is 20.4. The van der Waals surface area contributed by atoms with Crippen LogP contribution in [0.4, 0.5) is 0 Å². The van der Waals surface area contributed by atoms with Crippen LogP contribution >= 0.6 is 0 Å². The Morgan fingerprint density at radius 3 is 2.48 bits per heavy atom. The molecule has 0 aliphatic rings. The third kappa shape index (κ3) is 2.09. The molecule has 21 heavy (non-hydrogen) atoms. The van der Waals surface area contributed by atoms with Gasteiger partial charge in [-0.1, -0.05) is 48.5 Å². The number of hydrogen-bond acceptors (Lipinski definition) is 3. The van der Waals surface area contributed by atoms with Gasteiger partial charge in [0.25, 0.3) is 0 Å². The van der Waals surface area contributed by atoms with Gasteiger partial charge in [0.1, 0.15) is 12.0 Å². The second-order valence-electron chi connectivity index (χ2n) is 4.78. The van der Waals surface area contributed by atoms with Crippen molar-refractivity contribution in [1.29, 1.82) is 0 Å². The molecule has 0 radical (unpaired) electrons. The normalized spacial score (nSPS) is 10.9. The van der Waals surface area contributed by atoms with Gasteiger partial charge in [0.2, 0.25) is 5.89 Å². The van der Waals surface area contributed by atoms with Crippen molar-refractivity contribution in [3.05, 3.63) is 73.1 Å². The van der Waals surface area contributed by atoms with E-state index >= 15 is 0 Å². The SMILES string of the molecule is c1ccc(-c2cc(-c3ncco3)nc3ccccc23)cc1. The predicted octanol–water partition coefficient (Wildman–Crippen LogP) is 4.56. The van der Waals surface area contributed by atoms with Gasteiger partial charge in [0.05, 0.1) is 11.7 Å². The van der Waals surface area contributed by atoms with Gasteiger partial charge < -0.3 is 4.42 Å². The minimum Gasteiger partial charge on any atom is -0.443 e.